The van der Waals surface area contributed by atoms with Gasteiger partial charge in [-0.3, -0.25) is 9.63 Å². The van der Waals surface area contributed by atoms with Gasteiger partial charge in [-0.15, -0.1) is 0 Å². The van der Waals surface area contributed by atoms with Crippen LogP contribution in [0.5, 0.6) is 0 Å². The Morgan fingerprint density at radius 2 is 1.96 bits per heavy atom. The molecule has 2 aromatic carbocycles. The van der Waals surface area contributed by atoms with Crippen molar-refractivity contribution in [3.8, 4) is 0 Å². The van der Waals surface area contributed by atoms with Crippen molar-refractivity contribution in [2.45, 2.75) is 4.90 Å². The largest absolute Gasteiger partial charge is 0.322 e. The van der Waals surface area contributed by atoms with Crippen LogP contribution in [-0.4, -0.2) is 33.0 Å². The molecule has 24 heavy (non-hydrogen) atoms. The van der Waals surface area contributed by atoms with Crippen molar-refractivity contribution >= 4 is 33.2 Å². The predicted octanol–water partition coefficient (Wildman–Crippen LogP) is 2.91. The number of sulfonamides is 1. The highest BCUT2D eigenvalue weighted by molar-refractivity contribution is 7.89. The van der Waals surface area contributed by atoms with Gasteiger partial charge in [0.05, 0.1) is 12.1 Å². The molecule has 0 fully saturated rings. The Bertz CT molecular complexity index is 874. The molecule has 0 saturated heterocycles. The molecular formula is C15H14ClFN2O4S. The van der Waals surface area contributed by atoms with Crippen LogP contribution in [0, 0.1) is 5.82 Å². The Hall–Kier alpha value is -2.00. The molecule has 0 saturated carbocycles. The third-order valence-corrected chi connectivity index (χ3v) is 5.31. The van der Waals surface area contributed by atoms with Crippen molar-refractivity contribution in [3.63, 3.8) is 0 Å². The Balaban J connectivity index is 2.36. The van der Waals surface area contributed by atoms with Gasteiger partial charge in [0.25, 0.3) is 15.9 Å². The van der Waals surface area contributed by atoms with Crippen molar-refractivity contribution in [1.82, 2.24) is 4.47 Å². The van der Waals surface area contributed by atoms with Crippen LogP contribution in [0.2, 0.25) is 5.02 Å². The minimum Gasteiger partial charge on any atom is -0.322 e. The SMILES string of the molecule is CON(C)S(=O)(=O)c1cc(C(=O)Nc2cccc(F)c2)ccc1Cl. The summed E-state index contributed by atoms with van der Waals surface area (Å²) in [5.41, 5.74) is 0.292. The lowest BCUT2D eigenvalue weighted by molar-refractivity contribution is -0.0258. The van der Waals surface area contributed by atoms with E-state index in [-0.39, 0.29) is 21.2 Å². The second kappa shape index (κ2) is 7.27. The number of nitrogens with zero attached hydrogens (tertiary/aromatic N) is 1. The van der Waals surface area contributed by atoms with Crippen LogP contribution in [0.1, 0.15) is 10.4 Å². The number of nitrogens with one attached hydrogen (secondary N) is 1. The molecule has 6 nitrogen and oxygen atoms in total. The number of hydrogen-bond donors (Lipinski definition) is 1. The molecule has 0 radical (unpaired) electrons. The maximum atomic E-state index is 13.2. The first-order chi connectivity index (χ1) is 11.3. The number of carbonyl (C=O) groups excluding carboxylic acids is 1. The molecule has 0 heterocycles. The molecule has 9 heteroatoms. The van der Waals surface area contributed by atoms with Gasteiger partial charge in [-0.2, -0.15) is 0 Å². The normalized spacial score (nSPS) is 11.5. The first-order valence-electron chi connectivity index (χ1n) is 6.65. The fourth-order valence-corrected chi connectivity index (χ4v) is 3.32. The van der Waals surface area contributed by atoms with E-state index in [1.54, 1.807) is 0 Å². The van der Waals surface area contributed by atoms with Gasteiger partial charge in [0.15, 0.2) is 0 Å². The lowest BCUT2D eigenvalue weighted by Gasteiger charge is -2.15. The third kappa shape index (κ3) is 3.90. The van der Waals surface area contributed by atoms with Gasteiger partial charge in [0, 0.05) is 18.3 Å². The summed E-state index contributed by atoms with van der Waals surface area (Å²) in [6, 6.07) is 9.11. The summed E-state index contributed by atoms with van der Waals surface area (Å²) in [6.45, 7) is 0. The first-order valence-corrected chi connectivity index (χ1v) is 8.47. The van der Waals surface area contributed by atoms with Crippen LogP contribution < -0.4 is 5.32 Å². The number of rotatable bonds is 5. The minimum atomic E-state index is -4.02. The smallest absolute Gasteiger partial charge is 0.266 e. The number of hydroxylamine groups is 1. The summed E-state index contributed by atoms with van der Waals surface area (Å²) in [5.74, 6) is -1.11. The zero-order chi connectivity index (χ0) is 17.9. The van der Waals surface area contributed by atoms with Crippen LogP contribution in [0.3, 0.4) is 0 Å². The van der Waals surface area contributed by atoms with E-state index in [4.69, 9.17) is 11.6 Å². The lowest BCUT2D eigenvalue weighted by Crippen LogP contribution is -2.26. The topological polar surface area (TPSA) is 75.7 Å². The van der Waals surface area contributed by atoms with Crippen molar-refractivity contribution < 1.29 is 22.4 Å². The van der Waals surface area contributed by atoms with Crippen LogP contribution in [0.25, 0.3) is 0 Å². The van der Waals surface area contributed by atoms with E-state index in [0.717, 1.165) is 12.1 Å². The number of hydrogen-bond acceptors (Lipinski definition) is 4. The molecule has 1 amide bonds. The zero-order valence-corrected chi connectivity index (χ0v) is 14.4. The van der Waals surface area contributed by atoms with E-state index in [1.165, 1.54) is 44.5 Å². The summed E-state index contributed by atoms with van der Waals surface area (Å²) in [6.07, 6.45) is 0. The van der Waals surface area contributed by atoms with Gasteiger partial charge in [0.1, 0.15) is 10.7 Å². The average molecular weight is 373 g/mol. The summed E-state index contributed by atoms with van der Waals surface area (Å²) >= 11 is 5.92. The number of halogens is 2. The number of anilines is 1. The molecule has 0 spiro atoms. The molecule has 0 bridgehead atoms. The summed E-state index contributed by atoms with van der Waals surface area (Å²) in [7, 11) is -1.63. The summed E-state index contributed by atoms with van der Waals surface area (Å²) in [4.78, 5) is 16.6. The highest BCUT2D eigenvalue weighted by atomic mass is 35.5. The Morgan fingerprint density at radius 1 is 1.25 bits per heavy atom. The van der Waals surface area contributed by atoms with Crippen molar-refractivity contribution in [2.24, 2.45) is 0 Å². The molecule has 0 aromatic heterocycles. The first kappa shape index (κ1) is 18.3. The van der Waals surface area contributed by atoms with Crippen LogP contribution in [0.15, 0.2) is 47.4 Å². The number of amides is 1. The van der Waals surface area contributed by atoms with E-state index in [9.17, 15) is 17.6 Å². The van der Waals surface area contributed by atoms with Crippen molar-refractivity contribution in [3.05, 3.63) is 58.9 Å². The van der Waals surface area contributed by atoms with Gasteiger partial charge in [-0.05, 0) is 36.4 Å². The maximum Gasteiger partial charge on any atom is 0.266 e. The van der Waals surface area contributed by atoms with Crippen molar-refractivity contribution in [2.75, 3.05) is 19.5 Å². The standard InChI is InChI=1S/C15H14ClFN2O4S/c1-19(23-2)24(21,22)14-8-10(6-7-13(14)16)15(20)18-12-5-3-4-11(17)9-12/h3-9H,1-2H3,(H,18,20). The molecule has 128 valence electrons. The molecule has 0 atom stereocenters. The van der Waals surface area contributed by atoms with Gasteiger partial charge in [0.2, 0.25) is 0 Å². The molecule has 0 unspecified atom stereocenters. The highest BCUT2D eigenvalue weighted by Crippen LogP contribution is 2.25. The Morgan fingerprint density at radius 3 is 2.58 bits per heavy atom. The van der Waals surface area contributed by atoms with Crippen LogP contribution in [0.4, 0.5) is 10.1 Å². The van der Waals surface area contributed by atoms with Gasteiger partial charge in [-0.1, -0.05) is 22.1 Å². The molecule has 2 rings (SSSR count). The Kier molecular flexibility index (Phi) is 5.55. The average Bonchev–Trinajstić information content (AvgIpc) is 2.54. The summed E-state index contributed by atoms with van der Waals surface area (Å²) < 4.78 is 38.4. The fraction of sp³-hybridized carbons (Fsp3) is 0.133. The van der Waals surface area contributed by atoms with Crippen LogP contribution in [-0.2, 0) is 14.9 Å². The molecule has 0 aliphatic rings. The number of benzene rings is 2. The van der Waals surface area contributed by atoms with E-state index in [1.807, 2.05) is 0 Å². The molecule has 2 aromatic rings. The number of carbonyl (C=O) groups is 1. The lowest BCUT2D eigenvalue weighted by atomic mass is 10.2. The zero-order valence-electron chi connectivity index (χ0n) is 12.8. The van der Waals surface area contributed by atoms with E-state index >= 15 is 0 Å². The van der Waals surface area contributed by atoms with Gasteiger partial charge >= 0.3 is 0 Å². The van der Waals surface area contributed by atoms with Crippen LogP contribution >= 0.6 is 11.6 Å². The molecular weight excluding hydrogens is 359 g/mol. The van der Waals surface area contributed by atoms with E-state index < -0.39 is 21.7 Å². The van der Waals surface area contributed by atoms with Gasteiger partial charge < -0.3 is 5.32 Å². The van der Waals surface area contributed by atoms with E-state index in [0.29, 0.717) is 4.47 Å². The second-order valence-corrected chi connectivity index (χ2v) is 7.02. The van der Waals surface area contributed by atoms with Crippen molar-refractivity contribution in [1.29, 1.82) is 0 Å². The molecule has 1 N–H and O–H groups in total. The second-order valence-electron chi connectivity index (χ2n) is 4.71. The monoisotopic (exact) mass is 372 g/mol. The maximum absolute atomic E-state index is 13.2. The molecule has 0 aliphatic carbocycles. The fourth-order valence-electron chi connectivity index (χ4n) is 1.85. The Labute approximate surface area is 143 Å². The van der Waals surface area contributed by atoms with Gasteiger partial charge in [-0.25, -0.2) is 12.8 Å². The quantitative estimate of drug-likeness (QED) is 0.819. The molecule has 0 aliphatic heterocycles. The highest BCUT2D eigenvalue weighted by Gasteiger charge is 2.25. The third-order valence-electron chi connectivity index (χ3n) is 3.15. The van der Waals surface area contributed by atoms with E-state index in [2.05, 4.69) is 10.2 Å². The summed E-state index contributed by atoms with van der Waals surface area (Å²) in [5, 5.41) is 2.42. The minimum absolute atomic E-state index is 0.0479. The predicted molar refractivity (Wildman–Crippen MR) is 87.8 cm³/mol.